The molecule has 1 saturated heterocycles. The quantitative estimate of drug-likeness (QED) is 0.714. The summed E-state index contributed by atoms with van der Waals surface area (Å²) in [5.41, 5.74) is 0.0983. The maximum atomic E-state index is 11.8. The number of nitrogens with one attached hydrogen (secondary N) is 2. The number of carbonyl (C=O) groups excluding carboxylic acids is 1. The Kier molecular flexibility index (Phi) is 3.53. The van der Waals surface area contributed by atoms with E-state index in [4.69, 9.17) is 0 Å². The van der Waals surface area contributed by atoms with Crippen molar-refractivity contribution in [3.63, 3.8) is 0 Å². The van der Waals surface area contributed by atoms with E-state index in [9.17, 15) is 4.79 Å². The van der Waals surface area contributed by atoms with Gasteiger partial charge in [0, 0.05) is 6.54 Å². The van der Waals surface area contributed by atoms with E-state index in [1.807, 2.05) is 0 Å². The molecule has 1 heterocycles. The fourth-order valence-corrected chi connectivity index (χ4v) is 1.81. The maximum absolute atomic E-state index is 11.8. The second-order valence-corrected chi connectivity index (χ2v) is 5.26. The van der Waals surface area contributed by atoms with Crippen LogP contribution in [-0.4, -0.2) is 25.0 Å². The van der Waals surface area contributed by atoms with Crippen LogP contribution in [0, 0.1) is 11.3 Å². The van der Waals surface area contributed by atoms with Crippen molar-refractivity contribution in [2.75, 3.05) is 13.1 Å². The van der Waals surface area contributed by atoms with Crippen molar-refractivity contribution < 1.29 is 4.79 Å². The second-order valence-electron chi connectivity index (χ2n) is 5.26. The Morgan fingerprint density at radius 2 is 2.21 bits per heavy atom. The molecule has 14 heavy (non-hydrogen) atoms. The highest BCUT2D eigenvalue weighted by Crippen LogP contribution is 2.29. The van der Waals surface area contributed by atoms with Crippen LogP contribution >= 0.6 is 0 Å². The van der Waals surface area contributed by atoms with E-state index in [2.05, 4.69) is 38.3 Å². The van der Waals surface area contributed by atoms with E-state index in [0.29, 0.717) is 5.92 Å². The highest BCUT2D eigenvalue weighted by molar-refractivity contribution is 5.83. The lowest BCUT2D eigenvalue weighted by Gasteiger charge is -2.25. The number of hydrogen-bond donors (Lipinski definition) is 2. The molecule has 1 aliphatic heterocycles. The van der Waals surface area contributed by atoms with E-state index >= 15 is 0 Å². The molecule has 0 saturated carbocycles. The first-order valence-electron chi connectivity index (χ1n) is 5.44. The minimum absolute atomic E-state index is 0.0127. The van der Waals surface area contributed by atoms with Crippen LogP contribution < -0.4 is 10.6 Å². The Hall–Kier alpha value is -0.570. The summed E-state index contributed by atoms with van der Waals surface area (Å²) in [4.78, 5) is 11.8. The summed E-state index contributed by atoms with van der Waals surface area (Å²) >= 11 is 0. The standard InChI is InChI=1S/C11H22N2O/c1-8(2)7-13-10(14)9-11(3,4)5-6-12-9/h8-9,12H,5-7H2,1-4H3,(H,13,14). The van der Waals surface area contributed by atoms with E-state index in [0.717, 1.165) is 19.5 Å². The number of amides is 1. The predicted octanol–water partition coefficient (Wildman–Crippen LogP) is 1.15. The van der Waals surface area contributed by atoms with Crippen LogP contribution in [0.15, 0.2) is 0 Å². The van der Waals surface area contributed by atoms with Gasteiger partial charge in [-0.15, -0.1) is 0 Å². The first kappa shape index (κ1) is 11.5. The minimum atomic E-state index is -0.0127. The van der Waals surface area contributed by atoms with Crippen molar-refractivity contribution in [3.8, 4) is 0 Å². The van der Waals surface area contributed by atoms with Crippen molar-refractivity contribution in [3.05, 3.63) is 0 Å². The van der Waals surface area contributed by atoms with E-state index in [1.165, 1.54) is 0 Å². The van der Waals surface area contributed by atoms with Gasteiger partial charge in [-0.2, -0.15) is 0 Å². The van der Waals surface area contributed by atoms with Gasteiger partial charge in [0.2, 0.25) is 5.91 Å². The largest absolute Gasteiger partial charge is 0.354 e. The highest BCUT2D eigenvalue weighted by atomic mass is 16.2. The lowest BCUT2D eigenvalue weighted by Crippen LogP contribution is -2.47. The molecule has 1 amide bonds. The maximum Gasteiger partial charge on any atom is 0.237 e. The predicted molar refractivity (Wildman–Crippen MR) is 58.0 cm³/mol. The molecule has 0 aliphatic carbocycles. The summed E-state index contributed by atoms with van der Waals surface area (Å²) in [6.07, 6.45) is 1.08. The molecule has 0 spiro atoms. The van der Waals surface area contributed by atoms with Crippen LogP contribution in [-0.2, 0) is 4.79 Å². The van der Waals surface area contributed by atoms with Crippen molar-refractivity contribution >= 4 is 5.91 Å². The molecule has 0 bridgehead atoms. The zero-order chi connectivity index (χ0) is 10.8. The highest BCUT2D eigenvalue weighted by Gasteiger charge is 2.38. The number of carbonyl (C=O) groups is 1. The van der Waals surface area contributed by atoms with Gasteiger partial charge in [0.1, 0.15) is 0 Å². The third-order valence-corrected chi connectivity index (χ3v) is 2.85. The molecule has 1 aliphatic rings. The van der Waals surface area contributed by atoms with Crippen LogP contribution in [0.4, 0.5) is 0 Å². The van der Waals surface area contributed by atoms with E-state index in [-0.39, 0.29) is 17.4 Å². The van der Waals surface area contributed by atoms with Gasteiger partial charge >= 0.3 is 0 Å². The molecule has 3 nitrogen and oxygen atoms in total. The molecule has 1 atom stereocenters. The van der Waals surface area contributed by atoms with Gasteiger partial charge in [-0.3, -0.25) is 4.79 Å². The number of rotatable bonds is 3. The summed E-state index contributed by atoms with van der Waals surface area (Å²) in [5, 5.41) is 6.24. The molecular formula is C11H22N2O. The molecule has 1 fully saturated rings. The lowest BCUT2D eigenvalue weighted by atomic mass is 9.84. The van der Waals surface area contributed by atoms with Gasteiger partial charge in [0.15, 0.2) is 0 Å². The normalized spacial score (nSPS) is 25.4. The van der Waals surface area contributed by atoms with Gasteiger partial charge in [-0.25, -0.2) is 0 Å². The average Bonchev–Trinajstić information content (AvgIpc) is 2.41. The molecule has 0 radical (unpaired) electrons. The van der Waals surface area contributed by atoms with Gasteiger partial charge in [0.25, 0.3) is 0 Å². The zero-order valence-electron chi connectivity index (χ0n) is 9.68. The topological polar surface area (TPSA) is 41.1 Å². The lowest BCUT2D eigenvalue weighted by molar-refractivity contribution is -0.124. The summed E-state index contributed by atoms with van der Waals surface area (Å²) in [5.74, 6) is 0.671. The Balaban J connectivity index is 2.44. The molecule has 0 aromatic rings. The van der Waals surface area contributed by atoms with Crippen molar-refractivity contribution in [1.82, 2.24) is 10.6 Å². The molecule has 0 aromatic heterocycles. The van der Waals surface area contributed by atoms with Gasteiger partial charge in [-0.05, 0) is 24.3 Å². The second kappa shape index (κ2) is 4.30. The number of hydrogen-bond acceptors (Lipinski definition) is 2. The molecule has 2 N–H and O–H groups in total. The van der Waals surface area contributed by atoms with Crippen LogP contribution in [0.2, 0.25) is 0 Å². The SMILES string of the molecule is CC(C)CNC(=O)C1NCCC1(C)C. The Bertz CT molecular complexity index is 211. The van der Waals surface area contributed by atoms with Crippen LogP contribution in [0.3, 0.4) is 0 Å². The van der Waals surface area contributed by atoms with Gasteiger partial charge in [-0.1, -0.05) is 27.7 Å². The third-order valence-electron chi connectivity index (χ3n) is 2.85. The molecule has 1 unspecified atom stereocenters. The summed E-state index contributed by atoms with van der Waals surface area (Å²) in [6, 6.07) is -0.0127. The first-order chi connectivity index (χ1) is 6.43. The Morgan fingerprint density at radius 1 is 1.57 bits per heavy atom. The van der Waals surface area contributed by atoms with Gasteiger partial charge < -0.3 is 10.6 Å². The molecule has 82 valence electrons. The third kappa shape index (κ3) is 2.71. The fraction of sp³-hybridized carbons (Fsp3) is 0.909. The van der Waals surface area contributed by atoms with Gasteiger partial charge in [0.05, 0.1) is 6.04 Å². The monoisotopic (exact) mass is 198 g/mol. The van der Waals surface area contributed by atoms with E-state index < -0.39 is 0 Å². The van der Waals surface area contributed by atoms with E-state index in [1.54, 1.807) is 0 Å². The molecular weight excluding hydrogens is 176 g/mol. The molecule has 0 aromatic carbocycles. The summed E-state index contributed by atoms with van der Waals surface area (Å²) < 4.78 is 0. The van der Waals surface area contributed by atoms with Crippen molar-refractivity contribution in [1.29, 1.82) is 0 Å². The Labute approximate surface area is 86.6 Å². The Morgan fingerprint density at radius 3 is 2.64 bits per heavy atom. The van der Waals surface area contributed by atoms with Crippen molar-refractivity contribution in [2.45, 2.75) is 40.2 Å². The summed E-state index contributed by atoms with van der Waals surface area (Å²) in [6.45, 7) is 10.2. The fourth-order valence-electron chi connectivity index (χ4n) is 1.81. The van der Waals surface area contributed by atoms with Crippen molar-refractivity contribution in [2.24, 2.45) is 11.3 Å². The van der Waals surface area contributed by atoms with Crippen LogP contribution in [0.5, 0.6) is 0 Å². The first-order valence-corrected chi connectivity index (χ1v) is 5.44. The van der Waals surface area contributed by atoms with Crippen LogP contribution in [0.1, 0.15) is 34.1 Å². The average molecular weight is 198 g/mol. The molecule has 3 heteroatoms. The summed E-state index contributed by atoms with van der Waals surface area (Å²) in [7, 11) is 0. The molecule has 1 rings (SSSR count). The minimum Gasteiger partial charge on any atom is -0.354 e. The van der Waals surface area contributed by atoms with Crippen LogP contribution in [0.25, 0.3) is 0 Å². The smallest absolute Gasteiger partial charge is 0.237 e. The zero-order valence-corrected chi connectivity index (χ0v) is 9.68.